The third-order valence-electron chi connectivity index (χ3n) is 6.89. The third kappa shape index (κ3) is 3.87. The third-order valence-corrected chi connectivity index (χ3v) is 10.7. The van der Waals surface area contributed by atoms with E-state index in [2.05, 4.69) is 18.0 Å². The molecule has 8 nitrogen and oxygen atoms in total. The largest absolute Gasteiger partial charge is 0.379 e. The Bertz CT molecular complexity index is 1260. The highest BCUT2D eigenvalue weighted by Crippen LogP contribution is 2.47. The number of benzene rings is 2. The van der Waals surface area contributed by atoms with Crippen LogP contribution in [0, 0.1) is 6.92 Å². The second kappa shape index (κ2) is 8.35. The van der Waals surface area contributed by atoms with Gasteiger partial charge < -0.3 is 9.64 Å². The van der Waals surface area contributed by atoms with Crippen LogP contribution in [0.15, 0.2) is 52.3 Å². The molecule has 2 aromatic rings. The van der Waals surface area contributed by atoms with Crippen molar-refractivity contribution in [3.8, 4) is 0 Å². The Balaban J connectivity index is 1.50. The first-order chi connectivity index (χ1) is 15.7. The number of fused-ring (bicyclic) bond motifs is 3. The van der Waals surface area contributed by atoms with E-state index in [0.29, 0.717) is 26.3 Å². The van der Waals surface area contributed by atoms with Crippen LogP contribution in [0.3, 0.4) is 0 Å². The molecule has 0 unspecified atom stereocenters. The Hall–Kier alpha value is -1.98. The van der Waals surface area contributed by atoms with Gasteiger partial charge in [-0.05, 0) is 62.8 Å². The highest BCUT2D eigenvalue weighted by molar-refractivity contribution is 7.93. The maximum absolute atomic E-state index is 13.8. The van der Waals surface area contributed by atoms with Crippen molar-refractivity contribution in [2.24, 2.45) is 0 Å². The van der Waals surface area contributed by atoms with Crippen LogP contribution in [0.5, 0.6) is 0 Å². The molecule has 0 N–H and O–H groups in total. The zero-order valence-electron chi connectivity index (χ0n) is 18.8. The van der Waals surface area contributed by atoms with Gasteiger partial charge >= 0.3 is 0 Å². The first-order valence-electron chi connectivity index (χ1n) is 11.2. The van der Waals surface area contributed by atoms with E-state index in [0.717, 1.165) is 36.3 Å². The van der Waals surface area contributed by atoms with E-state index >= 15 is 0 Å². The van der Waals surface area contributed by atoms with Gasteiger partial charge in [-0.1, -0.05) is 17.7 Å². The van der Waals surface area contributed by atoms with Crippen LogP contribution in [-0.4, -0.2) is 78.5 Å². The number of likely N-dealkylation sites (tertiary alicyclic amines) is 1. The lowest BCUT2D eigenvalue weighted by Crippen LogP contribution is -2.47. The summed E-state index contributed by atoms with van der Waals surface area (Å²) in [6, 6.07) is 11.4. The van der Waals surface area contributed by atoms with Gasteiger partial charge in [-0.25, -0.2) is 16.8 Å². The molecule has 0 bridgehead atoms. The van der Waals surface area contributed by atoms with Crippen molar-refractivity contribution >= 4 is 25.7 Å². The molecule has 5 rings (SSSR count). The minimum absolute atomic E-state index is 0.0953. The molecule has 10 heteroatoms. The van der Waals surface area contributed by atoms with E-state index in [1.807, 2.05) is 19.1 Å². The molecule has 33 heavy (non-hydrogen) atoms. The van der Waals surface area contributed by atoms with Crippen molar-refractivity contribution in [3.05, 3.63) is 53.6 Å². The predicted octanol–water partition coefficient (Wildman–Crippen LogP) is 2.01. The molecule has 0 aliphatic carbocycles. The number of ether oxygens (including phenoxy) is 1. The average Bonchev–Trinajstić information content (AvgIpc) is 3.13. The van der Waals surface area contributed by atoms with Gasteiger partial charge in [0.2, 0.25) is 10.0 Å². The number of rotatable bonds is 4. The molecule has 0 saturated carbocycles. The summed E-state index contributed by atoms with van der Waals surface area (Å²) in [5.41, 5.74) is 2.91. The van der Waals surface area contributed by atoms with Crippen molar-refractivity contribution in [1.29, 1.82) is 0 Å². The molecule has 2 fully saturated rings. The van der Waals surface area contributed by atoms with Crippen LogP contribution in [0.1, 0.15) is 23.5 Å². The number of aryl methyl sites for hydroxylation is 1. The molecule has 3 aliphatic heterocycles. The Morgan fingerprint density at radius 3 is 2.18 bits per heavy atom. The molecule has 0 amide bonds. The van der Waals surface area contributed by atoms with E-state index in [1.165, 1.54) is 28.6 Å². The van der Waals surface area contributed by atoms with Crippen LogP contribution in [0.2, 0.25) is 0 Å². The van der Waals surface area contributed by atoms with Gasteiger partial charge in [0.15, 0.2) is 0 Å². The number of hydrogen-bond donors (Lipinski definition) is 0. The molecular formula is C23H29N3O5S2. The fourth-order valence-electron chi connectivity index (χ4n) is 5.18. The lowest BCUT2D eigenvalue weighted by atomic mass is 9.89. The van der Waals surface area contributed by atoms with Crippen LogP contribution in [0.4, 0.5) is 5.69 Å². The molecule has 2 saturated heterocycles. The minimum Gasteiger partial charge on any atom is -0.379 e. The van der Waals surface area contributed by atoms with E-state index in [4.69, 9.17) is 4.74 Å². The fraction of sp³-hybridized carbons (Fsp3) is 0.478. The summed E-state index contributed by atoms with van der Waals surface area (Å²) in [4.78, 5) is 2.45. The maximum Gasteiger partial charge on any atom is 0.264 e. The molecule has 178 valence electrons. The Morgan fingerprint density at radius 1 is 0.879 bits per heavy atom. The topological polar surface area (TPSA) is 87.2 Å². The van der Waals surface area contributed by atoms with Gasteiger partial charge in [-0.3, -0.25) is 4.31 Å². The van der Waals surface area contributed by atoms with E-state index in [1.54, 1.807) is 4.31 Å². The van der Waals surface area contributed by atoms with E-state index < -0.39 is 20.0 Å². The number of morpholine rings is 1. The number of sulfonamides is 2. The van der Waals surface area contributed by atoms with Crippen LogP contribution in [-0.2, 0) is 24.8 Å². The number of likely N-dealkylation sites (N-methyl/N-ethyl adjacent to an activating group) is 1. The van der Waals surface area contributed by atoms with Gasteiger partial charge in [0.05, 0.1) is 34.7 Å². The molecule has 0 aromatic heterocycles. The maximum atomic E-state index is 13.8. The van der Waals surface area contributed by atoms with Crippen molar-refractivity contribution < 1.29 is 21.6 Å². The van der Waals surface area contributed by atoms with Crippen LogP contribution < -0.4 is 4.31 Å². The molecule has 0 radical (unpaired) electrons. The smallest absolute Gasteiger partial charge is 0.264 e. The summed E-state index contributed by atoms with van der Waals surface area (Å²) >= 11 is 0. The first kappa shape index (κ1) is 22.8. The highest BCUT2D eigenvalue weighted by Gasteiger charge is 2.46. The summed E-state index contributed by atoms with van der Waals surface area (Å²) in [5, 5.41) is 0. The molecule has 3 heterocycles. The summed E-state index contributed by atoms with van der Waals surface area (Å²) in [7, 11) is -5.47. The summed E-state index contributed by atoms with van der Waals surface area (Å²) in [6.45, 7) is 4.97. The van der Waals surface area contributed by atoms with Gasteiger partial charge in [0.25, 0.3) is 10.0 Å². The van der Waals surface area contributed by atoms with Gasteiger partial charge in [0, 0.05) is 25.6 Å². The standard InChI is InChI=1S/C23H29N3O5S2/c1-17-3-8-22-20(15-17)21-16-24(2)10-9-23(21)26(22)33(29,30)19-6-4-18(5-7-19)32(27,28)25-11-13-31-14-12-25/h3-8,15,21,23H,9-14,16H2,1-2H3/t21-,23+/m1/s1. The second-order valence-electron chi connectivity index (χ2n) is 9.08. The lowest BCUT2D eigenvalue weighted by molar-refractivity contribution is 0.0730. The van der Waals surface area contributed by atoms with E-state index in [-0.39, 0.29) is 21.8 Å². The first-order valence-corrected chi connectivity index (χ1v) is 14.1. The Kier molecular flexibility index (Phi) is 5.77. The van der Waals surface area contributed by atoms with Crippen molar-refractivity contribution in [3.63, 3.8) is 0 Å². The number of anilines is 1. The number of nitrogens with zero attached hydrogens (tertiary/aromatic N) is 3. The Morgan fingerprint density at radius 2 is 1.52 bits per heavy atom. The summed E-state index contributed by atoms with van der Waals surface area (Å²) in [6.07, 6.45) is 0.748. The normalized spacial score (nSPS) is 24.5. The molecule has 2 atom stereocenters. The predicted molar refractivity (Wildman–Crippen MR) is 126 cm³/mol. The zero-order valence-corrected chi connectivity index (χ0v) is 20.5. The highest BCUT2D eigenvalue weighted by atomic mass is 32.2. The van der Waals surface area contributed by atoms with E-state index in [9.17, 15) is 16.8 Å². The quantitative estimate of drug-likeness (QED) is 0.650. The molecule has 3 aliphatic rings. The van der Waals surface area contributed by atoms with Gasteiger partial charge in [0.1, 0.15) is 0 Å². The van der Waals surface area contributed by atoms with Crippen LogP contribution >= 0.6 is 0 Å². The van der Waals surface area contributed by atoms with Crippen molar-refractivity contribution in [1.82, 2.24) is 9.21 Å². The average molecular weight is 492 g/mol. The number of hydrogen-bond acceptors (Lipinski definition) is 6. The number of piperidine rings is 1. The fourth-order valence-corrected chi connectivity index (χ4v) is 8.33. The molecular weight excluding hydrogens is 462 g/mol. The Labute approximate surface area is 195 Å². The van der Waals surface area contributed by atoms with Crippen LogP contribution in [0.25, 0.3) is 0 Å². The minimum atomic E-state index is -3.85. The SMILES string of the molecule is Cc1ccc2c(c1)[C@H]1CN(C)CC[C@@H]1N2S(=O)(=O)c1ccc(S(=O)(=O)N2CCOCC2)cc1. The zero-order chi connectivity index (χ0) is 23.4. The summed E-state index contributed by atoms with van der Waals surface area (Å²) in [5.74, 6) is 0.120. The lowest BCUT2D eigenvalue weighted by Gasteiger charge is -2.36. The van der Waals surface area contributed by atoms with Crippen molar-refractivity contribution in [2.75, 3.05) is 50.7 Å². The van der Waals surface area contributed by atoms with Gasteiger partial charge in [-0.2, -0.15) is 4.31 Å². The monoisotopic (exact) mass is 491 g/mol. The second-order valence-corrected chi connectivity index (χ2v) is 12.8. The van der Waals surface area contributed by atoms with Crippen molar-refractivity contribution in [2.45, 2.75) is 35.1 Å². The summed E-state index contributed by atoms with van der Waals surface area (Å²) < 4.78 is 61.7. The van der Waals surface area contributed by atoms with Gasteiger partial charge in [-0.15, -0.1) is 0 Å². The molecule has 2 aromatic carbocycles. The molecule has 0 spiro atoms.